The maximum Gasteiger partial charge on any atom is 0.338 e. The van der Waals surface area contributed by atoms with Crippen LogP contribution < -0.4 is 24.4 Å². The van der Waals surface area contributed by atoms with E-state index < -0.39 is 12.0 Å². The van der Waals surface area contributed by atoms with Crippen LogP contribution in [0.5, 0.6) is 11.5 Å². The van der Waals surface area contributed by atoms with E-state index in [-0.39, 0.29) is 17.7 Å². The molecule has 1 aromatic heterocycles. The first-order chi connectivity index (χ1) is 16.4. The van der Waals surface area contributed by atoms with Crippen LogP contribution in [0, 0.1) is 0 Å². The smallest absolute Gasteiger partial charge is 0.338 e. The Morgan fingerprint density at radius 2 is 1.97 bits per heavy atom. The molecule has 1 unspecified atom stereocenters. The van der Waals surface area contributed by atoms with Crippen molar-refractivity contribution in [2.24, 2.45) is 4.99 Å². The van der Waals surface area contributed by atoms with Gasteiger partial charge in [0.05, 0.1) is 36.6 Å². The molecule has 9 heteroatoms. The fourth-order valence-corrected chi connectivity index (χ4v) is 5.15. The lowest BCUT2D eigenvalue weighted by Crippen LogP contribution is -2.40. The number of carbonyl (C=O) groups excluding carboxylic acids is 1. The van der Waals surface area contributed by atoms with Crippen molar-refractivity contribution >= 4 is 35.0 Å². The zero-order valence-corrected chi connectivity index (χ0v) is 20.7. The van der Waals surface area contributed by atoms with Crippen molar-refractivity contribution in [3.8, 4) is 11.5 Å². The van der Waals surface area contributed by atoms with Gasteiger partial charge in [-0.2, -0.15) is 0 Å². The lowest BCUT2D eigenvalue weighted by atomic mass is 9.96. The van der Waals surface area contributed by atoms with Gasteiger partial charge >= 0.3 is 5.97 Å². The summed E-state index contributed by atoms with van der Waals surface area (Å²) in [6.45, 7) is 3.66. The molecule has 4 rings (SSSR count). The molecule has 176 valence electrons. The van der Waals surface area contributed by atoms with Crippen LogP contribution in [0.25, 0.3) is 6.08 Å². The molecule has 1 atom stereocenters. The number of methoxy groups -OCH3 is 2. The SMILES string of the molecule is CCOC(=O)C1=C(C)N=c2sc(=Cc3cc(OC)ccc3OC)c(=O)n2C1c1ccccc1Cl. The molecule has 3 aromatic rings. The monoisotopic (exact) mass is 498 g/mol. The van der Waals surface area contributed by atoms with E-state index in [4.69, 9.17) is 25.8 Å². The summed E-state index contributed by atoms with van der Waals surface area (Å²) in [7, 11) is 3.13. The van der Waals surface area contributed by atoms with E-state index in [0.717, 1.165) is 0 Å². The van der Waals surface area contributed by atoms with E-state index in [1.54, 1.807) is 70.5 Å². The Labute approximate surface area is 205 Å². The molecule has 2 aromatic carbocycles. The number of rotatable bonds is 6. The molecule has 0 amide bonds. The predicted molar refractivity (Wildman–Crippen MR) is 131 cm³/mol. The number of nitrogens with zero attached hydrogens (tertiary/aromatic N) is 2. The second-order valence-electron chi connectivity index (χ2n) is 7.43. The molecular formula is C25H23ClN2O5S. The number of fused-ring (bicyclic) bond motifs is 1. The van der Waals surface area contributed by atoms with Crippen LogP contribution in [0.15, 0.2) is 63.5 Å². The van der Waals surface area contributed by atoms with Crippen molar-refractivity contribution in [2.45, 2.75) is 19.9 Å². The topological polar surface area (TPSA) is 79.1 Å². The molecule has 0 spiro atoms. The van der Waals surface area contributed by atoms with E-state index in [9.17, 15) is 9.59 Å². The molecule has 0 radical (unpaired) electrons. The highest BCUT2D eigenvalue weighted by atomic mass is 35.5. The lowest BCUT2D eigenvalue weighted by Gasteiger charge is -2.25. The molecule has 0 fully saturated rings. The number of hydrogen-bond donors (Lipinski definition) is 0. The third-order valence-corrected chi connectivity index (χ3v) is 6.77. The van der Waals surface area contributed by atoms with Crippen LogP contribution in [-0.2, 0) is 9.53 Å². The van der Waals surface area contributed by atoms with Gasteiger partial charge in [0.25, 0.3) is 5.56 Å². The van der Waals surface area contributed by atoms with Crippen LogP contribution in [0.4, 0.5) is 0 Å². The molecule has 1 aliphatic heterocycles. The average Bonchev–Trinajstić information content (AvgIpc) is 3.13. The van der Waals surface area contributed by atoms with E-state index >= 15 is 0 Å². The summed E-state index contributed by atoms with van der Waals surface area (Å²) in [5, 5.41) is 0.438. The van der Waals surface area contributed by atoms with Gasteiger partial charge in [0, 0.05) is 10.6 Å². The zero-order valence-electron chi connectivity index (χ0n) is 19.1. The van der Waals surface area contributed by atoms with Crippen LogP contribution in [0.1, 0.15) is 31.0 Å². The summed E-state index contributed by atoms with van der Waals surface area (Å²) < 4.78 is 18.0. The summed E-state index contributed by atoms with van der Waals surface area (Å²) in [4.78, 5) is 31.7. The normalized spacial score (nSPS) is 15.6. The fourth-order valence-electron chi connectivity index (χ4n) is 3.88. The third kappa shape index (κ3) is 4.26. The minimum absolute atomic E-state index is 0.199. The molecule has 0 N–H and O–H groups in total. The van der Waals surface area contributed by atoms with Crippen molar-refractivity contribution in [3.63, 3.8) is 0 Å². The van der Waals surface area contributed by atoms with Gasteiger partial charge in [-0.05, 0) is 49.8 Å². The summed E-state index contributed by atoms with van der Waals surface area (Å²) in [6.07, 6.45) is 1.73. The van der Waals surface area contributed by atoms with Crippen molar-refractivity contribution < 1.29 is 19.0 Å². The van der Waals surface area contributed by atoms with Crippen LogP contribution in [0.2, 0.25) is 5.02 Å². The molecule has 0 bridgehead atoms. The Kier molecular flexibility index (Phi) is 6.90. The van der Waals surface area contributed by atoms with Crippen molar-refractivity contribution in [1.29, 1.82) is 0 Å². The van der Waals surface area contributed by atoms with Gasteiger partial charge in [0.1, 0.15) is 17.5 Å². The molecule has 0 saturated heterocycles. The van der Waals surface area contributed by atoms with Gasteiger partial charge in [-0.15, -0.1) is 0 Å². The highest BCUT2D eigenvalue weighted by Crippen LogP contribution is 2.34. The average molecular weight is 499 g/mol. The van der Waals surface area contributed by atoms with Gasteiger partial charge in [-0.25, -0.2) is 9.79 Å². The molecule has 34 heavy (non-hydrogen) atoms. The number of halogens is 1. The zero-order chi connectivity index (χ0) is 24.4. The standard InChI is InChI=1S/C25H23ClN2O5S/c1-5-33-24(30)21-14(2)27-25-28(22(21)17-8-6-7-9-18(17)26)23(29)20(34-25)13-15-12-16(31-3)10-11-19(15)32-4/h6-13,22H,5H2,1-4H3. The van der Waals surface area contributed by atoms with Gasteiger partial charge in [-0.1, -0.05) is 41.1 Å². The Morgan fingerprint density at radius 3 is 2.65 bits per heavy atom. The number of hydrogen-bond acceptors (Lipinski definition) is 7. The molecule has 7 nitrogen and oxygen atoms in total. The summed E-state index contributed by atoms with van der Waals surface area (Å²) >= 11 is 7.75. The third-order valence-electron chi connectivity index (χ3n) is 5.44. The fraction of sp³-hybridized carbons (Fsp3) is 0.240. The van der Waals surface area contributed by atoms with Crippen molar-refractivity contribution in [3.05, 3.63) is 89.6 Å². The van der Waals surface area contributed by atoms with Crippen LogP contribution in [0.3, 0.4) is 0 Å². The van der Waals surface area contributed by atoms with E-state index in [0.29, 0.717) is 42.7 Å². The van der Waals surface area contributed by atoms with Crippen LogP contribution in [-0.4, -0.2) is 31.4 Å². The number of benzene rings is 2. The number of thiazole rings is 1. The van der Waals surface area contributed by atoms with E-state index in [2.05, 4.69) is 4.99 Å². The summed E-state index contributed by atoms with van der Waals surface area (Å²) in [6, 6.07) is 11.7. The van der Waals surface area contributed by atoms with E-state index in [1.807, 2.05) is 6.07 Å². The number of ether oxygens (including phenoxy) is 3. The Balaban J connectivity index is 1.99. The number of esters is 1. The largest absolute Gasteiger partial charge is 0.497 e. The molecule has 1 aliphatic rings. The maximum absolute atomic E-state index is 13.7. The maximum atomic E-state index is 13.7. The number of allylic oxidation sites excluding steroid dienone is 1. The highest BCUT2D eigenvalue weighted by Gasteiger charge is 2.34. The minimum Gasteiger partial charge on any atom is -0.497 e. The van der Waals surface area contributed by atoms with Crippen LogP contribution >= 0.6 is 22.9 Å². The van der Waals surface area contributed by atoms with Crippen molar-refractivity contribution in [2.75, 3.05) is 20.8 Å². The summed E-state index contributed by atoms with van der Waals surface area (Å²) in [5.41, 5.74) is 1.77. The van der Waals surface area contributed by atoms with E-state index in [1.165, 1.54) is 15.9 Å². The first kappa shape index (κ1) is 23.8. The molecule has 2 heterocycles. The first-order valence-electron chi connectivity index (χ1n) is 10.6. The molecule has 0 saturated carbocycles. The predicted octanol–water partition coefficient (Wildman–Crippen LogP) is 3.47. The second-order valence-corrected chi connectivity index (χ2v) is 8.85. The Bertz CT molecular complexity index is 1470. The quantitative estimate of drug-likeness (QED) is 0.486. The number of aromatic nitrogens is 1. The lowest BCUT2D eigenvalue weighted by molar-refractivity contribution is -0.139. The minimum atomic E-state index is -0.765. The van der Waals surface area contributed by atoms with Gasteiger partial charge < -0.3 is 14.2 Å². The first-order valence-corrected chi connectivity index (χ1v) is 11.7. The molecular weight excluding hydrogens is 476 g/mol. The van der Waals surface area contributed by atoms with Gasteiger partial charge in [0.15, 0.2) is 4.80 Å². The summed E-state index contributed by atoms with van der Waals surface area (Å²) in [5.74, 6) is 0.698. The highest BCUT2D eigenvalue weighted by molar-refractivity contribution is 7.07. The number of carbonyl (C=O) groups is 1. The Morgan fingerprint density at radius 1 is 1.21 bits per heavy atom. The van der Waals surface area contributed by atoms with Crippen molar-refractivity contribution in [1.82, 2.24) is 4.57 Å². The second kappa shape index (κ2) is 9.87. The Hall–Kier alpha value is -3.36. The molecule has 0 aliphatic carbocycles. The van der Waals surface area contributed by atoms with Gasteiger partial charge in [0.2, 0.25) is 0 Å². The van der Waals surface area contributed by atoms with Gasteiger partial charge in [-0.3, -0.25) is 9.36 Å².